The fourth-order valence-corrected chi connectivity index (χ4v) is 1.64. The Bertz CT molecular complexity index is 361. The normalized spacial score (nSPS) is 10.5. The van der Waals surface area contributed by atoms with E-state index in [1.807, 2.05) is 11.6 Å². The average Bonchev–Trinajstić information content (AvgIpc) is 2.76. The highest BCUT2D eigenvalue weighted by Crippen LogP contribution is 2.04. The van der Waals surface area contributed by atoms with E-state index in [1.165, 1.54) is 0 Å². The van der Waals surface area contributed by atoms with Crippen molar-refractivity contribution in [1.29, 1.82) is 0 Å². The molecule has 6 nitrogen and oxygen atoms in total. The Morgan fingerprint density at radius 2 is 2.12 bits per heavy atom. The number of rotatable bonds is 7. The first-order chi connectivity index (χ1) is 8.21. The van der Waals surface area contributed by atoms with E-state index < -0.39 is 0 Å². The van der Waals surface area contributed by atoms with Gasteiger partial charge in [0.15, 0.2) is 5.82 Å². The molecule has 0 fully saturated rings. The summed E-state index contributed by atoms with van der Waals surface area (Å²) in [7, 11) is 0. The lowest BCUT2D eigenvalue weighted by molar-refractivity contribution is -0.121. The SMILES string of the molecule is CCc1nc(CC)n(CCCCC(=O)NN)n1. The molecule has 0 bridgehead atoms. The number of unbranched alkanes of at least 4 members (excludes halogenated alkanes) is 1. The molecule has 0 spiro atoms. The largest absolute Gasteiger partial charge is 0.294 e. The van der Waals surface area contributed by atoms with Crippen molar-refractivity contribution in [3.8, 4) is 0 Å². The fourth-order valence-electron chi connectivity index (χ4n) is 1.64. The average molecular weight is 239 g/mol. The lowest BCUT2D eigenvalue weighted by Gasteiger charge is -2.03. The topological polar surface area (TPSA) is 85.8 Å². The second-order valence-electron chi connectivity index (χ2n) is 3.90. The van der Waals surface area contributed by atoms with Crippen LogP contribution < -0.4 is 11.3 Å². The standard InChI is InChI=1S/C11H21N5O/c1-3-9-13-10(4-2)16(15-9)8-6-5-7-11(17)14-12/h3-8,12H2,1-2H3,(H,14,17). The van der Waals surface area contributed by atoms with Crippen LogP contribution in [-0.4, -0.2) is 20.7 Å². The van der Waals surface area contributed by atoms with Gasteiger partial charge < -0.3 is 0 Å². The number of hydrazine groups is 1. The van der Waals surface area contributed by atoms with Gasteiger partial charge in [-0.25, -0.2) is 15.5 Å². The molecule has 0 unspecified atom stereocenters. The van der Waals surface area contributed by atoms with Crippen LogP contribution in [0.4, 0.5) is 0 Å². The van der Waals surface area contributed by atoms with Gasteiger partial charge >= 0.3 is 0 Å². The number of aromatic nitrogens is 3. The molecule has 0 saturated carbocycles. The molecule has 0 aromatic carbocycles. The monoisotopic (exact) mass is 239 g/mol. The molecule has 0 radical (unpaired) electrons. The van der Waals surface area contributed by atoms with Gasteiger partial charge in [0.05, 0.1) is 0 Å². The Balaban J connectivity index is 2.40. The number of nitrogens with one attached hydrogen (secondary N) is 1. The molecule has 1 heterocycles. The summed E-state index contributed by atoms with van der Waals surface area (Å²) in [6.45, 7) is 4.93. The van der Waals surface area contributed by atoms with E-state index in [0.29, 0.717) is 6.42 Å². The maximum Gasteiger partial charge on any atom is 0.233 e. The van der Waals surface area contributed by atoms with Crippen molar-refractivity contribution in [2.24, 2.45) is 5.84 Å². The number of nitrogens with two attached hydrogens (primary N) is 1. The molecular formula is C11H21N5O. The van der Waals surface area contributed by atoms with Crippen LogP contribution in [0.3, 0.4) is 0 Å². The number of hydrogen-bond acceptors (Lipinski definition) is 4. The van der Waals surface area contributed by atoms with Crippen molar-refractivity contribution in [2.45, 2.75) is 52.5 Å². The molecule has 96 valence electrons. The van der Waals surface area contributed by atoms with E-state index in [9.17, 15) is 4.79 Å². The number of aryl methyl sites for hydroxylation is 3. The Morgan fingerprint density at radius 3 is 2.71 bits per heavy atom. The second-order valence-corrected chi connectivity index (χ2v) is 3.90. The van der Waals surface area contributed by atoms with Crippen molar-refractivity contribution < 1.29 is 4.79 Å². The molecule has 0 saturated heterocycles. The highest BCUT2D eigenvalue weighted by molar-refractivity contribution is 5.74. The molecule has 3 N–H and O–H groups in total. The zero-order valence-corrected chi connectivity index (χ0v) is 10.6. The minimum atomic E-state index is -0.117. The summed E-state index contributed by atoms with van der Waals surface area (Å²) >= 11 is 0. The van der Waals surface area contributed by atoms with Gasteiger partial charge in [0, 0.05) is 25.8 Å². The van der Waals surface area contributed by atoms with Crippen molar-refractivity contribution in [1.82, 2.24) is 20.2 Å². The summed E-state index contributed by atoms with van der Waals surface area (Å²) < 4.78 is 1.94. The first-order valence-corrected chi connectivity index (χ1v) is 6.13. The van der Waals surface area contributed by atoms with Crippen LogP contribution >= 0.6 is 0 Å². The molecule has 1 aromatic heterocycles. The summed E-state index contributed by atoms with van der Waals surface area (Å²) in [6.07, 6.45) is 3.93. The predicted octanol–water partition coefficient (Wildman–Crippen LogP) is 0.563. The van der Waals surface area contributed by atoms with E-state index in [1.54, 1.807) is 0 Å². The van der Waals surface area contributed by atoms with E-state index in [2.05, 4.69) is 22.4 Å². The molecule has 1 aromatic rings. The quantitative estimate of drug-likeness (QED) is 0.315. The molecule has 1 amide bonds. The maximum absolute atomic E-state index is 10.9. The van der Waals surface area contributed by atoms with Gasteiger partial charge in [0.25, 0.3) is 0 Å². The van der Waals surface area contributed by atoms with Gasteiger partial charge in [0.2, 0.25) is 5.91 Å². The van der Waals surface area contributed by atoms with Crippen LogP contribution in [0.25, 0.3) is 0 Å². The summed E-state index contributed by atoms with van der Waals surface area (Å²) in [4.78, 5) is 15.4. The van der Waals surface area contributed by atoms with Gasteiger partial charge in [-0.2, -0.15) is 5.10 Å². The van der Waals surface area contributed by atoms with Gasteiger partial charge in [-0.15, -0.1) is 0 Å². The minimum absolute atomic E-state index is 0.117. The first-order valence-electron chi connectivity index (χ1n) is 6.13. The Kier molecular flexibility index (Phi) is 5.62. The third-order valence-electron chi connectivity index (χ3n) is 2.61. The zero-order valence-electron chi connectivity index (χ0n) is 10.6. The second kappa shape index (κ2) is 7.01. The minimum Gasteiger partial charge on any atom is -0.294 e. The van der Waals surface area contributed by atoms with Gasteiger partial charge in [-0.1, -0.05) is 13.8 Å². The molecule has 0 aliphatic carbocycles. The van der Waals surface area contributed by atoms with Crippen molar-refractivity contribution in [3.63, 3.8) is 0 Å². The first kappa shape index (κ1) is 13.6. The van der Waals surface area contributed by atoms with Crippen LogP contribution in [0.1, 0.15) is 44.8 Å². The highest BCUT2D eigenvalue weighted by Gasteiger charge is 2.06. The Hall–Kier alpha value is -1.43. The van der Waals surface area contributed by atoms with Gasteiger partial charge in [0.1, 0.15) is 5.82 Å². The third-order valence-corrected chi connectivity index (χ3v) is 2.61. The predicted molar refractivity (Wildman–Crippen MR) is 65.0 cm³/mol. The summed E-state index contributed by atoms with van der Waals surface area (Å²) in [5, 5.41) is 4.42. The van der Waals surface area contributed by atoms with Crippen molar-refractivity contribution in [3.05, 3.63) is 11.6 Å². The molecule has 0 atom stereocenters. The number of amides is 1. The van der Waals surface area contributed by atoms with E-state index in [4.69, 9.17) is 5.84 Å². The maximum atomic E-state index is 10.9. The van der Waals surface area contributed by atoms with Crippen molar-refractivity contribution in [2.75, 3.05) is 0 Å². The van der Waals surface area contributed by atoms with E-state index >= 15 is 0 Å². The molecule has 0 aliphatic heterocycles. The van der Waals surface area contributed by atoms with Crippen LogP contribution in [0.5, 0.6) is 0 Å². The van der Waals surface area contributed by atoms with Crippen LogP contribution in [0.2, 0.25) is 0 Å². The van der Waals surface area contributed by atoms with Crippen molar-refractivity contribution >= 4 is 5.91 Å². The molecular weight excluding hydrogens is 218 g/mol. The van der Waals surface area contributed by atoms with Crippen LogP contribution in [0.15, 0.2) is 0 Å². The zero-order chi connectivity index (χ0) is 12.7. The summed E-state index contributed by atoms with van der Waals surface area (Å²) in [6, 6.07) is 0. The molecule has 17 heavy (non-hydrogen) atoms. The fraction of sp³-hybridized carbons (Fsp3) is 0.727. The van der Waals surface area contributed by atoms with E-state index in [0.717, 1.165) is 43.9 Å². The molecule has 1 rings (SSSR count). The number of hydrogen-bond donors (Lipinski definition) is 2. The van der Waals surface area contributed by atoms with Gasteiger partial charge in [-0.05, 0) is 12.8 Å². The Labute approximate surface area is 102 Å². The van der Waals surface area contributed by atoms with Crippen LogP contribution in [-0.2, 0) is 24.2 Å². The summed E-state index contributed by atoms with van der Waals surface area (Å²) in [5.74, 6) is 6.80. The lowest BCUT2D eigenvalue weighted by Crippen LogP contribution is -2.29. The number of nitrogens with zero attached hydrogens (tertiary/aromatic N) is 3. The highest BCUT2D eigenvalue weighted by atomic mass is 16.2. The molecule has 0 aliphatic rings. The number of carbonyl (C=O) groups is 1. The lowest BCUT2D eigenvalue weighted by atomic mass is 10.2. The van der Waals surface area contributed by atoms with E-state index in [-0.39, 0.29) is 5.91 Å². The summed E-state index contributed by atoms with van der Waals surface area (Å²) in [5.41, 5.74) is 2.13. The smallest absolute Gasteiger partial charge is 0.233 e. The third kappa shape index (κ3) is 4.14. The van der Waals surface area contributed by atoms with Crippen LogP contribution in [0, 0.1) is 0 Å². The van der Waals surface area contributed by atoms with Gasteiger partial charge in [-0.3, -0.25) is 10.2 Å². The number of carbonyl (C=O) groups excluding carboxylic acids is 1. The Morgan fingerprint density at radius 1 is 1.35 bits per heavy atom. The molecule has 6 heteroatoms.